The SMILES string of the molecule is O=Cc1c([N+](=O)[O-])cc2oc(=O)[nH]c2c1Br. The normalized spacial score (nSPS) is 10.6. The van der Waals surface area contributed by atoms with Crippen molar-refractivity contribution in [2.24, 2.45) is 0 Å². The van der Waals surface area contributed by atoms with E-state index < -0.39 is 16.4 Å². The van der Waals surface area contributed by atoms with E-state index in [2.05, 4.69) is 25.3 Å². The van der Waals surface area contributed by atoms with Gasteiger partial charge in [-0.2, -0.15) is 0 Å². The first-order chi connectivity index (χ1) is 7.54. The summed E-state index contributed by atoms with van der Waals surface area (Å²) in [5, 5.41) is 10.7. The van der Waals surface area contributed by atoms with Gasteiger partial charge >= 0.3 is 5.76 Å². The quantitative estimate of drug-likeness (QED) is 0.513. The van der Waals surface area contributed by atoms with Gasteiger partial charge in [-0.05, 0) is 15.9 Å². The molecule has 0 bridgehead atoms. The lowest BCUT2D eigenvalue weighted by atomic mass is 10.2. The van der Waals surface area contributed by atoms with Crippen LogP contribution >= 0.6 is 15.9 Å². The number of aromatic nitrogens is 1. The molecule has 0 aliphatic carbocycles. The summed E-state index contributed by atoms with van der Waals surface area (Å²) in [7, 11) is 0. The maximum atomic E-state index is 10.9. The van der Waals surface area contributed by atoms with Gasteiger partial charge in [-0.1, -0.05) is 0 Å². The molecule has 0 saturated heterocycles. The van der Waals surface area contributed by atoms with E-state index in [1.807, 2.05) is 0 Å². The van der Waals surface area contributed by atoms with Crippen molar-refractivity contribution in [2.75, 3.05) is 0 Å². The molecule has 1 aromatic heterocycles. The number of hydrogen-bond donors (Lipinski definition) is 1. The van der Waals surface area contributed by atoms with E-state index in [-0.39, 0.29) is 21.1 Å². The Morgan fingerprint density at radius 2 is 2.25 bits per heavy atom. The summed E-state index contributed by atoms with van der Waals surface area (Å²) < 4.78 is 4.81. The zero-order valence-corrected chi connectivity index (χ0v) is 9.11. The minimum absolute atomic E-state index is 0.0224. The van der Waals surface area contributed by atoms with Gasteiger partial charge in [-0.15, -0.1) is 0 Å². The molecule has 0 amide bonds. The summed E-state index contributed by atoms with van der Waals surface area (Å²) in [6, 6.07) is 1.03. The summed E-state index contributed by atoms with van der Waals surface area (Å²) in [4.78, 5) is 33.9. The van der Waals surface area contributed by atoms with Gasteiger partial charge < -0.3 is 4.42 Å². The van der Waals surface area contributed by atoms with Crippen LogP contribution in [0, 0.1) is 10.1 Å². The molecule has 1 N–H and O–H groups in total. The van der Waals surface area contributed by atoms with Gasteiger partial charge in [-0.3, -0.25) is 19.9 Å². The van der Waals surface area contributed by atoms with Crippen molar-refractivity contribution in [3.05, 3.63) is 36.8 Å². The number of benzene rings is 1. The van der Waals surface area contributed by atoms with E-state index >= 15 is 0 Å². The van der Waals surface area contributed by atoms with Crippen LogP contribution in [0.2, 0.25) is 0 Å². The van der Waals surface area contributed by atoms with Gasteiger partial charge in [0.15, 0.2) is 11.9 Å². The Hall–Kier alpha value is -1.96. The Morgan fingerprint density at radius 1 is 1.56 bits per heavy atom. The molecule has 0 atom stereocenters. The highest BCUT2D eigenvalue weighted by Crippen LogP contribution is 2.32. The monoisotopic (exact) mass is 286 g/mol. The van der Waals surface area contributed by atoms with Gasteiger partial charge in [0, 0.05) is 0 Å². The molecule has 0 radical (unpaired) electrons. The Morgan fingerprint density at radius 3 is 2.81 bits per heavy atom. The van der Waals surface area contributed by atoms with Crippen molar-refractivity contribution in [1.29, 1.82) is 0 Å². The van der Waals surface area contributed by atoms with Crippen LogP contribution in [-0.2, 0) is 0 Å². The second-order valence-electron chi connectivity index (χ2n) is 2.89. The lowest BCUT2D eigenvalue weighted by Crippen LogP contribution is -1.96. The highest BCUT2D eigenvalue weighted by atomic mass is 79.9. The lowest BCUT2D eigenvalue weighted by Gasteiger charge is -1.98. The van der Waals surface area contributed by atoms with Crippen LogP contribution in [0.5, 0.6) is 0 Å². The third-order valence-electron chi connectivity index (χ3n) is 1.99. The number of fused-ring (bicyclic) bond motifs is 1. The van der Waals surface area contributed by atoms with Crippen LogP contribution in [0.3, 0.4) is 0 Å². The molecule has 0 spiro atoms. The number of carbonyl (C=O) groups excluding carboxylic acids is 1. The van der Waals surface area contributed by atoms with Gasteiger partial charge in [0.1, 0.15) is 11.1 Å². The summed E-state index contributed by atoms with van der Waals surface area (Å²) in [6.45, 7) is 0. The fourth-order valence-electron chi connectivity index (χ4n) is 1.32. The number of H-pyrrole nitrogens is 1. The number of hydrogen-bond acceptors (Lipinski definition) is 5. The zero-order valence-electron chi connectivity index (χ0n) is 7.52. The molecule has 82 valence electrons. The maximum Gasteiger partial charge on any atom is 0.417 e. The van der Waals surface area contributed by atoms with Crippen molar-refractivity contribution >= 4 is 39.0 Å². The van der Waals surface area contributed by atoms with Gasteiger partial charge in [0.05, 0.1) is 15.5 Å². The van der Waals surface area contributed by atoms with Crippen LogP contribution in [0.4, 0.5) is 5.69 Å². The first kappa shape index (κ1) is 10.6. The molecule has 1 aromatic carbocycles. The summed E-state index contributed by atoms with van der Waals surface area (Å²) in [5.74, 6) is -0.743. The molecule has 0 aliphatic rings. The second-order valence-corrected chi connectivity index (χ2v) is 3.68. The standard InChI is InChI=1S/C8H3BrN2O5/c9-6-3(2-12)4(11(14)15)1-5-7(6)10-8(13)16-5/h1-2H,(H,10,13). The van der Waals surface area contributed by atoms with Crippen LogP contribution < -0.4 is 5.76 Å². The molecule has 1 heterocycles. The van der Waals surface area contributed by atoms with Crippen molar-refractivity contribution in [2.45, 2.75) is 0 Å². The molecule has 0 fully saturated rings. The lowest BCUT2D eigenvalue weighted by molar-refractivity contribution is -0.385. The van der Waals surface area contributed by atoms with E-state index in [1.165, 1.54) is 0 Å². The molecule has 0 aliphatic heterocycles. The first-order valence-corrected chi connectivity index (χ1v) is 4.78. The second kappa shape index (κ2) is 3.56. The number of aldehydes is 1. The van der Waals surface area contributed by atoms with Crippen LogP contribution in [0.15, 0.2) is 19.8 Å². The summed E-state index contributed by atoms with van der Waals surface area (Å²) in [5.41, 5.74) is -0.321. The molecular formula is C8H3BrN2O5. The zero-order chi connectivity index (χ0) is 11.9. The van der Waals surface area contributed by atoms with Crippen LogP contribution in [0.1, 0.15) is 10.4 Å². The van der Waals surface area contributed by atoms with E-state index in [9.17, 15) is 19.7 Å². The number of nitro groups is 1. The number of oxazole rings is 1. The van der Waals surface area contributed by atoms with E-state index in [4.69, 9.17) is 0 Å². The third kappa shape index (κ3) is 1.43. The molecule has 2 rings (SSSR count). The minimum Gasteiger partial charge on any atom is -0.408 e. The average Bonchev–Trinajstić information content (AvgIpc) is 2.58. The van der Waals surface area contributed by atoms with Gasteiger partial charge in [-0.25, -0.2) is 4.79 Å². The van der Waals surface area contributed by atoms with Crippen molar-refractivity contribution < 1.29 is 14.1 Å². The Kier molecular flexibility index (Phi) is 2.35. The number of nitro benzene ring substituents is 1. The number of nitrogens with one attached hydrogen (secondary N) is 1. The number of carbonyl (C=O) groups is 1. The van der Waals surface area contributed by atoms with Crippen LogP contribution in [-0.4, -0.2) is 16.2 Å². The van der Waals surface area contributed by atoms with Gasteiger partial charge in [0.25, 0.3) is 5.69 Å². The number of nitrogens with zero attached hydrogens (tertiary/aromatic N) is 1. The Balaban J connectivity index is 2.96. The molecular weight excluding hydrogens is 284 g/mol. The predicted molar refractivity (Wildman–Crippen MR) is 56.6 cm³/mol. The van der Waals surface area contributed by atoms with Crippen LogP contribution in [0.25, 0.3) is 11.1 Å². The number of halogens is 1. The molecule has 0 unspecified atom stereocenters. The topological polar surface area (TPSA) is 106 Å². The Bertz CT molecular complexity index is 656. The molecule has 7 nitrogen and oxygen atoms in total. The summed E-state index contributed by atoms with van der Waals surface area (Å²) >= 11 is 3.01. The fraction of sp³-hybridized carbons (Fsp3) is 0. The largest absolute Gasteiger partial charge is 0.417 e. The van der Waals surface area contributed by atoms with Gasteiger partial charge in [0.2, 0.25) is 0 Å². The third-order valence-corrected chi connectivity index (χ3v) is 2.81. The molecule has 0 saturated carbocycles. The number of aromatic amines is 1. The van der Waals surface area contributed by atoms with E-state index in [0.717, 1.165) is 6.07 Å². The van der Waals surface area contributed by atoms with E-state index in [0.29, 0.717) is 6.29 Å². The maximum absolute atomic E-state index is 10.9. The molecule has 2 aromatic rings. The highest BCUT2D eigenvalue weighted by Gasteiger charge is 2.21. The minimum atomic E-state index is -0.743. The van der Waals surface area contributed by atoms with Crippen molar-refractivity contribution in [3.63, 3.8) is 0 Å². The highest BCUT2D eigenvalue weighted by molar-refractivity contribution is 9.10. The van der Waals surface area contributed by atoms with Crippen molar-refractivity contribution in [3.8, 4) is 0 Å². The average molecular weight is 287 g/mol. The predicted octanol–water partition coefficient (Wildman–Crippen LogP) is 1.60. The summed E-state index contributed by atoms with van der Waals surface area (Å²) in [6.07, 6.45) is 0.340. The Labute approximate surface area is 95.3 Å². The van der Waals surface area contributed by atoms with E-state index in [1.54, 1.807) is 0 Å². The fourth-order valence-corrected chi connectivity index (χ4v) is 1.91. The smallest absolute Gasteiger partial charge is 0.408 e. The number of rotatable bonds is 2. The molecule has 16 heavy (non-hydrogen) atoms. The molecule has 8 heteroatoms. The van der Waals surface area contributed by atoms with Crippen molar-refractivity contribution in [1.82, 2.24) is 4.98 Å². The first-order valence-electron chi connectivity index (χ1n) is 3.99.